The van der Waals surface area contributed by atoms with Crippen molar-refractivity contribution in [1.82, 2.24) is 30.1 Å². The van der Waals surface area contributed by atoms with Crippen molar-refractivity contribution in [2.75, 3.05) is 38.5 Å². The highest BCUT2D eigenvalue weighted by Crippen LogP contribution is 2.27. The smallest absolute Gasteiger partial charge is 0.326 e. The van der Waals surface area contributed by atoms with Crippen LogP contribution in [0.3, 0.4) is 0 Å². The molecule has 0 unspecified atom stereocenters. The van der Waals surface area contributed by atoms with Gasteiger partial charge in [0.25, 0.3) is 0 Å². The van der Waals surface area contributed by atoms with Gasteiger partial charge in [0, 0.05) is 31.6 Å². The highest BCUT2D eigenvalue weighted by Gasteiger charge is 2.17. The number of aromatic amines is 1. The fraction of sp³-hybridized carbons (Fsp3) is 0.600. The molecule has 0 radical (unpaired) electrons. The first-order chi connectivity index (χ1) is 16.7. The number of imide groups is 1. The second-order valence-corrected chi connectivity index (χ2v) is 7.65. The molecular formula is C25H45N7O3. The van der Waals surface area contributed by atoms with Gasteiger partial charge in [0.1, 0.15) is 5.82 Å². The van der Waals surface area contributed by atoms with Gasteiger partial charge in [0.15, 0.2) is 0 Å². The average molecular weight is 492 g/mol. The van der Waals surface area contributed by atoms with E-state index in [4.69, 9.17) is 0 Å². The molecule has 0 atom stereocenters. The van der Waals surface area contributed by atoms with Crippen LogP contribution in [0.5, 0.6) is 0 Å². The number of hydrogen-bond donors (Lipinski definition) is 4. The minimum atomic E-state index is -0.420. The Morgan fingerprint density at radius 2 is 1.89 bits per heavy atom. The summed E-state index contributed by atoms with van der Waals surface area (Å²) >= 11 is 0. The second kappa shape index (κ2) is 17.3. The summed E-state index contributed by atoms with van der Waals surface area (Å²) in [7, 11) is 2.02. The predicted molar refractivity (Wildman–Crippen MR) is 146 cm³/mol. The molecule has 2 aromatic heterocycles. The van der Waals surface area contributed by atoms with Crippen LogP contribution in [-0.2, 0) is 4.79 Å². The molecule has 35 heavy (non-hydrogen) atoms. The molecule has 3 rings (SSSR count). The fourth-order valence-corrected chi connectivity index (χ4v) is 3.18. The third kappa shape index (κ3) is 10.3. The Kier molecular flexibility index (Phi) is 15.8. The largest absolute Gasteiger partial charge is 0.366 e. The zero-order valence-electron chi connectivity index (χ0n) is 22.9. The maximum absolute atomic E-state index is 11.9. The molecule has 2 aromatic rings. The van der Waals surface area contributed by atoms with E-state index in [2.05, 4.69) is 37.7 Å². The summed E-state index contributed by atoms with van der Waals surface area (Å²) in [6.07, 6.45) is 6.65. The lowest BCUT2D eigenvalue weighted by Crippen LogP contribution is -2.39. The van der Waals surface area contributed by atoms with Gasteiger partial charge in [-0.3, -0.25) is 14.7 Å². The molecule has 1 aliphatic heterocycles. The molecule has 0 saturated heterocycles. The summed E-state index contributed by atoms with van der Waals surface area (Å²) in [6.45, 7) is 18.7. The molecule has 0 spiro atoms. The molecule has 0 bridgehead atoms. The molecule has 3 heterocycles. The van der Waals surface area contributed by atoms with Crippen LogP contribution < -0.4 is 21.6 Å². The number of nitrogens with one attached hydrogen (secondary N) is 4. The summed E-state index contributed by atoms with van der Waals surface area (Å²) in [5.41, 5.74) is 2.62. The van der Waals surface area contributed by atoms with Crippen LogP contribution in [0.4, 0.5) is 10.6 Å². The van der Waals surface area contributed by atoms with Crippen molar-refractivity contribution in [3.8, 4) is 0 Å². The van der Waals surface area contributed by atoms with Gasteiger partial charge in [-0.15, -0.1) is 0 Å². The lowest BCUT2D eigenvalue weighted by atomic mass is 10.1. The first-order valence-corrected chi connectivity index (χ1v) is 12.5. The van der Waals surface area contributed by atoms with E-state index in [-0.39, 0.29) is 17.6 Å². The minimum absolute atomic E-state index is 0.0795. The average Bonchev–Trinajstić information content (AvgIpc) is 3.20. The van der Waals surface area contributed by atoms with Gasteiger partial charge in [-0.1, -0.05) is 46.8 Å². The van der Waals surface area contributed by atoms with E-state index in [0.717, 1.165) is 48.5 Å². The number of anilines is 1. The summed E-state index contributed by atoms with van der Waals surface area (Å²) in [5, 5.41) is 7.94. The Morgan fingerprint density at radius 3 is 2.46 bits per heavy atom. The van der Waals surface area contributed by atoms with Gasteiger partial charge in [-0.05, 0) is 40.4 Å². The molecule has 0 aromatic carbocycles. The molecule has 10 nitrogen and oxygen atoms in total. The number of carbonyl (C=O) groups excluding carboxylic acids is 2. The highest BCUT2D eigenvalue weighted by atomic mass is 16.2. The zero-order chi connectivity index (χ0) is 27.0. The van der Waals surface area contributed by atoms with Crippen LogP contribution in [-0.4, -0.2) is 64.6 Å². The Labute approximate surface area is 209 Å². The Bertz CT molecular complexity index is 993. The number of nitrogens with zero attached hydrogens (tertiary/aromatic N) is 3. The van der Waals surface area contributed by atoms with Crippen molar-refractivity contribution in [2.45, 2.75) is 67.9 Å². The summed E-state index contributed by atoms with van der Waals surface area (Å²) < 4.78 is 1.77. The number of rotatable bonds is 6. The summed E-state index contributed by atoms with van der Waals surface area (Å²) in [6, 6.07) is -0.297. The van der Waals surface area contributed by atoms with Gasteiger partial charge >= 0.3 is 11.7 Å². The molecular weight excluding hydrogens is 446 g/mol. The summed E-state index contributed by atoms with van der Waals surface area (Å²) in [5.74, 6) is 0.501. The number of H-pyrrole nitrogens is 1. The fourth-order valence-electron chi connectivity index (χ4n) is 3.18. The van der Waals surface area contributed by atoms with Crippen molar-refractivity contribution in [1.29, 1.82) is 0 Å². The third-order valence-electron chi connectivity index (χ3n) is 4.81. The van der Waals surface area contributed by atoms with Crippen LogP contribution in [0.1, 0.15) is 73.4 Å². The van der Waals surface area contributed by atoms with E-state index in [9.17, 15) is 14.4 Å². The van der Waals surface area contributed by atoms with Crippen molar-refractivity contribution < 1.29 is 9.59 Å². The van der Waals surface area contributed by atoms with Crippen molar-refractivity contribution in [3.05, 3.63) is 28.3 Å². The predicted octanol–water partition coefficient (Wildman–Crippen LogP) is 3.97. The number of carbonyl (C=O) groups is 2. The number of hydrogen-bond acceptors (Lipinski definition) is 6. The number of urea groups is 1. The van der Waals surface area contributed by atoms with Crippen LogP contribution in [0, 0.1) is 0 Å². The molecule has 4 N–H and O–H groups in total. The van der Waals surface area contributed by atoms with E-state index in [1.165, 1.54) is 6.92 Å². The maximum Gasteiger partial charge on any atom is 0.326 e. The molecule has 3 amide bonds. The lowest BCUT2D eigenvalue weighted by molar-refractivity contribution is -0.117. The van der Waals surface area contributed by atoms with E-state index in [1.54, 1.807) is 10.8 Å². The minimum Gasteiger partial charge on any atom is -0.366 e. The topological polar surface area (TPSA) is 124 Å². The normalized spacial score (nSPS) is 11.2. The number of pyridine rings is 1. The zero-order valence-corrected chi connectivity index (χ0v) is 22.9. The quantitative estimate of drug-likeness (QED) is 0.453. The lowest BCUT2D eigenvalue weighted by Gasteiger charge is -2.15. The standard InChI is InChI=1S/C12H14N4O.C9H19N3O2.2C2H6/c1-7(2)16-10-8-4-3-5-13-11(8)14-6-9(10)15-12(16)17;1-4-12(3)7-5-6-10-9(14)11-8(2)13;2*1-2/h3-4,6-7H,5H2,1-2H3,(H,13,14)(H,15,17);4-7H2,1-3H3,(H2,10,11,13,14);2*1-2H3. The Hall–Kier alpha value is -3.14. The molecule has 198 valence electrons. The van der Waals surface area contributed by atoms with E-state index < -0.39 is 6.03 Å². The van der Waals surface area contributed by atoms with Gasteiger partial charge in [-0.2, -0.15) is 0 Å². The maximum atomic E-state index is 11.9. The van der Waals surface area contributed by atoms with Gasteiger partial charge < -0.3 is 20.5 Å². The molecule has 10 heteroatoms. The highest BCUT2D eigenvalue weighted by molar-refractivity contribution is 5.93. The van der Waals surface area contributed by atoms with Gasteiger partial charge in [-0.25, -0.2) is 14.6 Å². The molecule has 0 fully saturated rings. The van der Waals surface area contributed by atoms with Crippen LogP contribution in [0.25, 0.3) is 17.1 Å². The number of aromatic nitrogens is 3. The number of imidazole rings is 1. The molecule has 0 aliphatic carbocycles. The van der Waals surface area contributed by atoms with Crippen LogP contribution >= 0.6 is 0 Å². The SMILES string of the molecule is CC.CC.CC(C)n1c(=O)[nH]c2cnc3c(c21)C=CCN3.CCN(C)CCCNC(=O)NC(C)=O. The Balaban J connectivity index is 0.000000590. The number of fused-ring (bicyclic) bond motifs is 3. The van der Waals surface area contributed by atoms with Crippen LogP contribution in [0.2, 0.25) is 0 Å². The molecule has 0 saturated carbocycles. The molecule has 1 aliphatic rings. The van der Waals surface area contributed by atoms with Gasteiger partial charge in [0.05, 0.1) is 17.2 Å². The third-order valence-corrected chi connectivity index (χ3v) is 4.81. The van der Waals surface area contributed by atoms with Gasteiger partial charge in [0.2, 0.25) is 5.91 Å². The second-order valence-electron chi connectivity index (χ2n) is 7.65. The van der Waals surface area contributed by atoms with E-state index >= 15 is 0 Å². The van der Waals surface area contributed by atoms with E-state index in [0.29, 0.717) is 6.54 Å². The Morgan fingerprint density at radius 1 is 1.23 bits per heavy atom. The number of amides is 3. The van der Waals surface area contributed by atoms with Crippen LogP contribution in [0.15, 0.2) is 17.1 Å². The summed E-state index contributed by atoms with van der Waals surface area (Å²) in [4.78, 5) is 42.6. The van der Waals surface area contributed by atoms with Crippen molar-refractivity contribution >= 4 is 34.9 Å². The first kappa shape index (κ1) is 31.9. The monoisotopic (exact) mass is 491 g/mol. The van der Waals surface area contributed by atoms with E-state index in [1.807, 2.05) is 60.7 Å². The van der Waals surface area contributed by atoms with Crippen molar-refractivity contribution in [3.63, 3.8) is 0 Å². The van der Waals surface area contributed by atoms with Crippen molar-refractivity contribution in [2.24, 2.45) is 0 Å². The first-order valence-electron chi connectivity index (χ1n) is 12.5.